The monoisotopic (exact) mass is 249 g/mol. The van der Waals surface area contributed by atoms with Crippen molar-refractivity contribution in [3.63, 3.8) is 0 Å². The highest BCUT2D eigenvalue weighted by Gasteiger charge is 2.33. The van der Waals surface area contributed by atoms with Crippen LogP contribution in [0, 0.1) is 6.92 Å². The van der Waals surface area contributed by atoms with Gasteiger partial charge in [-0.15, -0.1) is 11.3 Å². The lowest BCUT2D eigenvalue weighted by molar-refractivity contribution is 0.355. The lowest BCUT2D eigenvalue weighted by atomic mass is 9.88. The van der Waals surface area contributed by atoms with Crippen LogP contribution in [0.3, 0.4) is 0 Å². The Labute approximate surface area is 106 Å². The fourth-order valence-corrected chi connectivity index (χ4v) is 3.70. The van der Waals surface area contributed by atoms with E-state index in [1.807, 2.05) is 0 Å². The van der Waals surface area contributed by atoms with Gasteiger partial charge in [0.25, 0.3) is 0 Å². The van der Waals surface area contributed by atoms with Crippen LogP contribution in [-0.4, -0.2) is 21.5 Å². The highest BCUT2D eigenvalue weighted by atomic mass is 32.1. The summed E-state index contributed by atoms with van der Waals surface area (Å²) >= 11 is 1.72. The summed E-state index contributed by atoms with van der Waals surface area (Å²) in [6.45, 7) is 5.59. The summed E-state index contributed by atoms with van der Waals surface area (Å²) in [5.41, 5.74) is 2.89. The van der Waals surface area contributed by atoms with Gasteiger partial charge in [-0.3, -0.25) is 4.40 Å². The molecular formula is C13H19N3S. The Morgan fingerprint density at radius 1 is 1.59 bits per heavy atom. The van der Waals surface area contributed by atoms with E-state index >= 15 is 0 Å². The third-order valence-electron chi connectivity index (χ3n) is 4.08. The average molecular weight is 249 g/mol. The van der Waals surface area contributed by atoms with Gasteiger partial charge in [0.15, 0.2) is 4.96 Å². The van der Waals surface area contributed by atoms with Crippen LogP contribution in [0.15, 0.2) is 11.6 Å². The van der Waals surface area contributed by atoms with Crippen LogP contribution < -0.4 is 5.32 Å². The van der Waals surface area contributed by atoms with E-state index in [4.69, 9.17) is 0 Å². The Bertz CT molecular complexity index is 520. The van der Waals surface area contributed by atoms with Crippen LogP contribution in [-0.2, 0) is 6.42 Å². The van der Waals surface area contributed by atoms with Crippen LogP contribution in [0.4, 0.5) is 0 Å². The van der Waals surface area contributed by atoms with Gasteiger partial charge in [-0.2, -0.15) is 0 Å². The lowest BCUT2D eigenvalue weighted by Crippen LogP contribution is -2.41. The second kappa shape index (κ2) is 4.10. The second-order valence-electron chi connectivity index (χ2n) is 5.04. The van der Waals surface area contributed by atoms with Crippen molar-refractivity contribution in [3.8, 4) is 0 Å². The summed E-state index contributed by atoms with van der Waals surface area (Å²) in [7, 11) is 0. The highest BCUT2D eigenvalue weighted by molar-refractivity contribution is 7.15. The van der Waals surface area contributed by atoms with Crippen molar-refractivity contribution < 1.29 is 0 Å². The van der Waals surface area contributed by atoms with Gasteiger partial charge in [0.05, 0.1) is 5.69 Å². The minimum atomic E-state index is 0.308. The van der Waals surface area contributed by atoms with Gasteiger partial charge in [0.2, 0.25) is 0 Å². The fraction of sp³-hybridized carbons (Fsp3) is 0.615. The molecule has 4 heteroatoms. The normalized spacial score (nSPS) is 24.8. The number of thiazole rings is 1. The summed E-state index contributed by atoms with van der Waals surface area (Å²) in [5.74, 6) is 0. The second-order valence-corrected chi connectivity index (χ2v) is 5.91. The number of nitrogens with zero attached hydrogens (tertiary/aromatic N) is 2. The number of aryl methyl sites for hydroxylation is 1. The summed E-state index contributed by atoms with van der Waals surface area (Å²) in [4.78, 5) is 5.76. The quantitative estimate of drug-likeness (QED) is 0.906. The van der Waals surface area contributed by atoms with Crippen LogP contribution in [0.25, 0.3) is 4.96 Å². The van der Waals surface area contributed by atoms with E-state index < -0.39 is 0 Å². The van der Waals surface area contributed by atoms with Gasteiger partial charge in [0, 0.05) is 29.2 Å². The first-order chi connectivity index (χ1) is 8.24. The first-order valence-electron chi connectivity index (χ1n) is 6.40. The van der Waals surface area contributed by atoms with Gasteiger partial charge in [0.1, 0.15) is 0 Å². The predicted octanol–water partition coefficient (Wildman–Crippen LogP) is 2.78. The fourth-order valence-electron chi connectivity index (χ4n) is 2.92. The smallest absolute Gasteiger partial charge is 0.194 e. The van der Waals surface area contributed by atoms with Gasteiger partial charge >= 0.3 is 0 Å². The van der Waals surface area contributed by atoms with E-state index in [0.29, 0.717) is 5.54 Å². The number of fused-ring (bicyclic) bond motifs is 1. The molecule has 0 aliphatic carbocycles. The van der Waals surface area contributed by atoms with E-state index in [9.17, 15) is 0 Å². The Morgan fingerprint density at radius 3 is 3.18 bits per heavy atom. The van der Waals surface area contributed by atoms with E-state index in [2.05, 4.69) is 40.1 Å². The van der Waals surface area contributed by atoms with Gasteiger partial charge in [-0.05, 0) is 32.7 Å². The largest absolute Gasteiger partial charge is 0.311 e. The third-order valence-corrected chi connectivity index (χ3v) is 4.83. The zero-order valence-electron chi connectivity index (χ0n) is 10.5. The molecule has 1 aliphatic rings. The molecule has 2 aromatic rings. The van der Waals surface area contributed by atoms with E-state index in [1.165, 1.54) is 37.2 Å². The topological polar surface area (TPSA) is 29.3 Å². The first-order valence-corrected chi connectivity index (χ1v) is 7.28. The zero-order chi connectivity index (χ0) is 11.9. The van der Waals surface area contributed by atoms with Crippen molar-refractivity contribution in [2.75, 3.05) is 6.54 Å². The number of nitrogens with one attached hydrogen (secondary N) is 1. The average Bonchev–Trinajstić information content (AvgIpc) is 2.99. The molecule has 3 nitrogen and oxygen atoms in total. The van der Waals surface area contributed by atoms with Crippen molar-refractivity contribution in [2.45, 2.75) is 45.1 Å². The molecule has 0 bridgehead atoms. The lowest BCUT2D eigenvalue weighted by Gasteiger charge is -2.28. The Balaban J connectivity index is 1.98. The van der Waals surface area contributed by atoms with E-state index in [-0.39, 0.29) is 0 Å². The number of aromatic nitrogens is 2. The van der Waals surface area contributed by atoms with Gasteiger partial charge in [-0.25, -0.2) is 4.98 Å². The van der Waals surface area contributed by atoms with Crippen molar-refractivity contribution in [3.05, 3.63) is 23.0 Å². The molecule has 1 unspecified atom stereocenters. The zero-order valence-corrected chi connectivity index (χ0v) is 11.3. The maximum atomic E-state index is 4.63. The number of hydrogen-bond acceptors (Lipinski definition) is 3. The summed E-state index contributed by atoms with van der Waals surface area (Å²) in [6.07, 6.45) is 7.05. The first kappa shape index (κ1) is 11.2. The molecule has 1 saturated heterocycles. The van der Waals surface area contributed by atoms with Crippen molar-refractivity contribution in [1.82, 2.24) is 14.7 Å². The molecule has 0 aromatic carbocycles. The van der Waals surface area contributed by atoms with Crippen molar-refractivity contribution in [2.24, 2.45) is 0 Å². The molecule has 3 rings (SSSR count). The van der Waals surface area contributed by atoms with E-state index in [0.717, 1.165) is 11.4 Å². The molecule has 0 spiro atoms. The maximum absolute atomic E-state index is 4.63. The van der Waals surface area contributed by atoms with E-state index in [1.54, 1.807) is 11.3 Å². The molecule has 3 heterocycles. The van der Waals surface area contributed by atoms with Crippen LogP contribution in [0.2, 0.25) is 0 Å². The third kappa shape index (κ3) is 1.79. The molecule has 17 heavy (non-hydrogen) atoms. The molecule has 1 aliphatic heterocycles. The van der Waals surface area contributed by atoms with Crippen LogP contribution in [0.1, 0.15) is 37.6 Å². The minimum Gasteiger partial charge on any atom is -0.311 e. The molecule has 1 fully saturated rings. The summed E-state index contributed by atoms with van der Waals surface area (Å²) in [6, 6.07) is 0. The Hall–Kier alpha value is -0.870. The molecule has 0 saturated carbocycles. The molecule has 0 amide bonds. The number of imidazole rings is 1. The van der Waals surface area contributed by atoms with Crippen molar-refractivity contribution >= 4 is 16.3 Å². The van der Waals surface area contributed by atoms with Crippen LogP contribution >= 0.6 is 11.3 Å². The molecule has 2 aromatic heterocycles. The Kier molecular flexibility index (Phi) is 2.71. The predicted molar refractivity (Wildman–Crippen MR) is 71.8 cm³/mol. The van der Waals surface area contributed by atoms with Gasteiger partial charge < -0.3 is 5.32 Å². The minimum absolute atomic E-state index is 0.308. The Morgan fingerprint density at radius 2 is 2.47 bits per heavy atom. The standard InChI is InChI=1S/C13H19N3S/c1-3-13(5-4-6-14-13)9-11-10(2)15-12-16(11)7-8-17-12/h7-8,14H,3-6,9H2,1-2H3. The summed E-state index contributed by atoms with van der Waals surface area (Å²) in [5, 5.41) is 5.82. The molecular weight excluding hydrogens is 230 g/mol. The van der Waals surface area contributed by atoms with Crippen LogP contribution in [0.5, 0.6) is 0 Å². The summed E-state index contributed by atoms with van der Waals surface area (Å²) < 4.78 is 2.26. The molecule has 0 radical (unpaired) electrons. The molecule has 1 atom stereocenters. The number of rotatable bonds is 3. The molecule has 1 N–H and O–H groups in total. The van der Waals surface area contributed by atoms with Gasteiger partial charge in [-0.1, -0.05) is 6.92 Å². The highest BCUT2D eigenvalue weighted by Crippen LogP contribution is 2.29. The van der Waals surface area contributed by atoms with Crippen molar-refractivity contribution in [1.29, 1.82) is 0 Å². The number of hydrogen-bond donors (Lipinski definition) is 1. The maximum Gasteiger partial charge on any atom is 0.194 e. The SMILES string of the molecule is CCC1(Cc2c(C)nc3sccn23)CCCN1. The molecule has 92 valence electrons.